The molecule has 2 unspecified atom stereocenters. The molecular formula is C21H23BrN4O3. The number of nitrogens with zero attached hydrogens (tertiary/aromatic N) is 3. The van der Waals surface area contributed by atoms with Crippen LogP contribution in [-0.4, -0.2) is 49.6 Å². The van der Waals surface area contributed by atoms with Crippen LogP contribution in [0.15, 0.2) is 35.2 Å². The van der Waals surface area contributed by atoms with Crippen LogP contribution in [0.3, 0.4) is 0 Å². The Hall–Kier alpha value is -2.00. The van der Waals surface area contributed by atoms with E-state index in [4.69, 9.17) is 4.74 Å². The van der Waals surface area contributed by atoms with Crippen LogP contribution in [0.25, 0.3) is 11.0 Å². The number of aliphatic hydroxyl groups is 2. The maximum absolute atomic E-state index is 10.8. The summed E-state index contributed by atoms with van der Waals surface area (Å²) in [5.74, 6) is 0.758. The Morgan fingerprint density at radius 3 is 2.97 bits per heavy atom. The fourth-order valence-corrected chi connectivity index (χ4v) is 5.00. The van der Waals surface area contributed by atoms with Gasteiger partial charge in [-0.3, -0.25) is 0 Å². The smallest absolute Gasteiger partial charge is 0.143 e. The van der Waals surface area contributed by atoms with Gasteiger partial charge in [-0.05, 0) is 43.7 Å². The maximum atomic E-state index is 10.8. The second kappa shape index (κ2) is 7.36. The van der Waals surface area contributed by atoms with Crippen molar-refractivity contribution in [1.29, 1.82) is 0 Å². The minimum Gasteiger partial charge on any atom is -0.487 e. The minimum absolute atomic E-state index is 0.317. The van der Waals surface area contributed by atoms with Gasteiger partial charge >= 0.3 is 0 Å². The summed E-state index contributed by atoms with van der Waals surface area (Å²) in [6.45, 7) is 3.62. The lowest BCUT2D eigenvalue weighted by atomic mass is 10.00. The van der Waals surface area contributed by atoms with E-state index >= 15 is 0 Å². The van der Waals surface area contributed by atoms with Crippen LogP contribution in [0, 0.1) is 6.92 Å². The molecular weight excluding hydrogens is 436 g/mol. The third-order valence-electron chi connectivity index (χ3n) is 6.08. The van der Waals surface area contributed by atoms with Crippen LogP contribution >= 0.6 is 15.9 Å². The number of aliphatic hydroxyl groups excluding tert-OH is 2. The summed E-state index contributed by atoms with van der Waals surface area (Å²) in [6, 6.07) is 5.71. The van der Waals surface area contributed by atoms with Gasteiger partial charge in [-0.2, -0.15) is 0 Å². The molecule has 4 atom stereocenters. The molecule has 0 spiro atoms. The molecule has 1 aromatic carbocycles. The van der Waals surface area contributed by atoms with Crippen molar-refractivity contribution in [2.45, 2.75) is 50.7 Å². The summed E-state index contributed by atoms with van der Waals surface area (Å²) in [5, 5.41) is 25.8. The highest BCUT2D eigenvalue weighted by molar-refractivity contribution is 9.10. The van der Waals surface area contributed by atoms with Crippen LogP contribution in [0.1, 0.15) is 29.3 Å². The molecule has 1 saturated carbocycles. The van der Waals surface area contributed by atoms with Gasteiger partial charge in [0.25, 0.3) is 0 Å². The summed E-state index contributed by atoms with van der Waals surface area (Å²) in [5.41, 5.74) is 4.03. The SMILES string of the molecule is Cc1ncnc2c1ccn2C1CC(Oc2cc(Br)cc3c2CNCC3)[C@@H](O)[C@H]1O. The molecule has 2 aromatic heterocycles. The highest BCUT2D eigenvalue weighted by Crippen LogP contribution is 2.38. The van der Waals surface area contributed by atoms with E-state index in [1.165, 1.54) is 11.9 Å². The fourth-order valence-electron chi connectivity index (χ4n) is 4.52. The molecule has 3 N–H and O–H groups in total. The van der Waals surface area contributed by atoms with Crippen LogP contribution in [0.4, 0.5) is 0 Å². The monoisotopic (exact) mass is 458 g/mol. The number of rotatable bonds is 3. The Balaban J connectivity index is 1.45. The van der Waals surface area contributed by atoms with Gasteiger partial charge in [0.2, 0.25) is 0 Å². The van der Waals surface area contributed by atoms with Crippen molar-refractivity contribution in [2.24, 2.45) is 0 Å². The molecule has 0 bridgehead atoms. The molecule has 152 valence electrons. The predicted molar refractivity (Wildman–Crippen MR) is 112 cm³/mol. The van der Waals surface area contributed by atoms with Crippen molar-refractivity contribution in [2.75, 3.05) is 6.54 Å². The lowest BCUT2D eigenvalue weighted by Crippen LogP contribution is -2.34. The minimum atomic E-state index is -0.980. The number of nitrogens with one attached hydrogen (secondary N) is 1. The van der Waals surface area contributed by atoms with E-state index in [-0.39, 0.29) is 6.04 Å². The molecule has 0 saturated heterocycles. The van der Waals surface area contributed by atoms with Crippen molar-refractivity contribution >= 4 is 27.0 Å². The van der Waals surface area contributed by atoms with E-state index in [9.17, 15) is 10.2 Å². The van der Waals surface area contributed by atoms with Crippen molar-refractivity contribution < 1.29 is 14.9 Å². The third-order valence-corrected chi connectivity index (χ3v) is 6.54. The van der Waals surface area contributed by atoms with Crippen LogP contribution in [-0.2, 0) is 13.0 Å². The molecule has 0 amide bonds. The van der Waals surface area contributed by atoms with Crippen LogP contribution in [0.5, 0.6) is 5.75 Å². The first-order valence-electron chi connectivity index (χ1n) is 9.86. The second-order valence-electron chi connectivity index (χ2n) is 7.83. The number of fused-ring (bicyclic) bond motifs is 2. The Bertz CT molecular complexity index is 1070. The largest absolute Gasteiger partial charge is 0.487 e. The zero-order chi connectivity index (χ0) is 20.1. The Kier molecular flexibility index (Phi) is 4.82. The number of aromatic nitrogens is 3. The van der Waals surface area contributed by atoms with Gasteiger partial charge in [-0.15, -0.1) is 0 Å². The summed E-state index contributed by atoms with van der Waals surface area (Å²) in [7, 11) is 0. The summed E-state index contributed by atoms with van der Waals surface area (Å²) in [4.78, 5) is 8.62. The molecule has 2 aliphatic rings. The molecule has 1 fully saturated rings. The summed E-state index contributed by atoms with van der Waals surface area (Å²) < 4.78 is 9.16. The topological polar surface area (TPSA) is 92.4 Å². The highest BCUT2D eigenvalue weighted by atomic mass is 79.9. The zero-order valence-electron chi connectivity index (χ0n) is 16.0. The van der Waals surface area contributed by atoms with Gasteiger partial charge in [0, 0.05) is 34.6 Å². The van der Waals surface area contributed by atoms with E-state index in [1.54, 1.807) is 0 Å². The van der Waals surface area contributed by atoms with Crippen LogP contribution < -0.4 is 10.1 Å². The van der Waals surface area contributed by atoms with E-state index in [0.29, 0.717) is 6.42 Å². The quantitative estimate of drug-likeness (QED) is 0.557. The van der Waals surface area contributed by atoms with E-state index in [0.717, 1.165) is 52.0 Å². The standard InChI is InChI=1S/C21H23BrN4O3/c1-11-14-3-5-26(21(14)25-10-24-11)16-8-18(20(28)19(16)27)29-17-7-13(22)6-12-2-4-23-9-15(12)17/h3,5-7,10,16,18-20,23,27-28H,2,4,8-9H2,1H3/t16?,18?,19-,20+/m0/s1. The van der Waals surface area contributed by atoms with Crippen molar-refractivity contribution in [3.63, 3.8) is 0 Å². The van der Waals surface area contributed by atoms with Gasteiger partial charge < -0.3 is 24.8 Å². The lowest BCUT2D eigenvalue weighted by Gasteiger charge is -2.24. The van der Waals surface area contributed by atoms with Gasteiger partial charge in [-0.25, -0.2) is 9.97 Å². The lowest BCUT2D eigenvalue weighted by molar-refractivity contribution is -0.0166. The first-order valence-corrected chi connectivity index (χ1v) is 10.6. The van der Waals surface area contributed by atoms with Crippen molar-refractivity contribution in [3.8, 4) is 5.75 Å². The maximum Gasteiger partial charge on any atom is 0.143 e. The van der Waals surface area contributed by atoms with Gasteiger partial charge in [0.1, 0.15) is 36.0 Å². The number of halogens is 1. The Morgan fingerprint density at radius 1 is 1.24 bits per heavy atom. The molecule has 7 nitrogen and oxygen atoms in total. The average molecular weight is 459 g/mol. The Labute approximate surface area is 176 Å². The number of hydrogen-bond acceptors (Lipinski definition) is 6. The Morgan fingerprint density at radius 2 is 2.10 bits per heavy atom. The molecule has 5 rings (SSSR count). The number of ether oxygens (including phenoxy) is 1. The second-order valence-corrected chi connectivity index (χ2v) is 8.74. The van der Waals surface area contributed by atoms with Gasteiger partial charge in [-0.1, -0.05) is 15.9 Å². The molecule has 1 aliphatic carbocycles. The van der Waals surface area contributed by atoms with E-state index < -0.39 is 18.3 Å². The zero-order valence-corrected chi connectivity index (χ0v) is 17.6. The summed E-state index contributed by atoms with van der Waals surface area (Å²) in [6.07, 6.45) is 2.44. The van der Waals surface area contributed by atoms with Gasteiger partial charge in [0.15, 0.2) is 0 Å². The predicted octanol–water partition coefficient (Wildman–Crippen LogP) is 2.26. The number of aryl methyl sites for hydroxylation is 1. The summed E-state index contributed by atoms with van der Waals surface area (Å²) >= 11 is 3.56. The average Bonchev–Trinajstić information content (AvgIpc) is 3.25. The fraction of sp³-hybridized carbons (Fsp3) is 0.429. The molecule has 1 aliphatic heterocycles. The number of hydrogen-bond donors (Lipinski definition) is 3. The molecule has 0 radical (unpaired) electrons. The van der Waals surface area contributed by atoms with Crippen molar-refractivity contribution in [1.82, 2.24) is 19.9 Å². The first-order chi connectivity index (χ1) is 14.0. The first kappa shape index (κ1) is 19.0. The van der Waals surface area contributed by atoms with Crippen LogP contribution in [0.2, 0.25) is 0 Å². The van der Waals surface area contributed by atoms with Crippen molar-refractivity contribution in [3.05, 3.63) is 52.0 Å². The third kappa shape index (κ3) is 3.24. The van der Waals surface area contributed by atoms with E-state index in [1.807, 2.05) is 29.8 Å². The molecule has 29 heavy (non-hydrogen) atoms. The van der Waals surface area contributed by atoms with E-state index in [2.05, 4.69) is 37.3 Å². The number of benzene rings is 1. The molecule has 3 heterocycles. The van der Waals surface area contributed by atoms with Gasteiger partial charge in [0.05, 0.1) is 11.7 Å². The normalized spacial score (nSPS) is 26.6. The highest BCUT2D eigenvalue weighted by Gasteiger charge is 2.44. The molecule has 3 aromatic rings. The molecule has 8 heteroatoms.